The molecular weight excluding hydrogens is 396 g/mol. The summed E-state index contributed by atoms with van der Waals surface area (Å²) in [7, 11) is -3.46. The summed E-state index contributed by atoms with van der Waals surface area (Å²) in [5.74, 6) is -0.473. The highest BCUT2D eigenvalue weighted by Gasteiger charge is 2.52. The average molecular weight is 421 g/mol. The Morgan fingerprint density at radius 1 is 1.29 bits per heavy atom. The van der Waals surface area contributed by atoms with Gasteiger partial charge in [-0.3, -0.25) is 0 Å². The van der Waals surface area contributed by atoms with Crippen molar-refractivity contribution in [3.8, 4) is 0 Å². The van der Waals surface area contributed by atoms with Crippen LogP contribution in [-0.4, -0.2) is 35.3 Å². The first-order valence-corrected chi connectivity index (χ1v) is 11.6. The summed E-state index contributed by atoms with van der Waals surface area (Å²) < 4.78 is 33.3. The molecular formula is C20H24N2O4S2. The van der Waals surface area contributed by atoms with Crippen molar-refractivity contribution in [2.45, 2.75) is 66.3 Å². The molecule has 0 radical (unpaired) electrons. The molecule has 1 fully saturated rings. The standard InChI is InChI=1S/C20H24N2O4S2/c1-2-26-18(23)16-13-21-19(27)22(16)15-12-20(10-6-3-7-11-20)28(24,25)17-9-5-4-8-14(15)17/h4-5,8-9,13,15H,2-3,6-7,10-12H2,1H3,(H,21,27). The molecule has 0 N–H and O–H groups in total. The van der Waals surface area contributed by atoms with Crippen molar-refractivity contribution in [3.05, 3.63) is 41.7 Å². The van der Waals surface area contributed by atoms with E-state index >= 15 is 0 Å². The predicted molar refractivity (Wildman–Crippen MR) is 108 cm³/mol. The van der Waals surface area contributed by atoms with Gasteiger partial charge in [0.05, 0.1) is 28.5 Å². The Morgan fingerprint density at radius 2 is 2.00 bits per heavy atom. The summed E-state index contributed by atoms with van der Waals surface area (Å²) in [4.78, 5) is 17.1. The Bertz CT molecular complexity index is 1010. The molecule has 28 heavy (non-hydrogen) atoms. The summed E-state index contributed by atoms with van der Waals surface area (Å²) in [6.07, 6.45) is 6.02. The van der Waals surface area contributed by atoms with Gasteiger partial charge < -0.3 is 9.30 Å². The van der Waals surface area contributed by atoms with E-state index in [1.54, 1.807) is 23.6 Å². The smallest absolute Gasteiger partial charge is 0.356 e. The van der Waals surface area contributed by atoms with E-state index in [2.05, 4.69) is 17.6 Å². The Balaban J connectivity index is 1.91. The van der Waals surface area contributed by atoms with Crippen LogP contribution < -0.4 is 0 Å². The number of imidazole rings is 1. The van der Waals surface area contributed by atoms with Gasteiger partial charge in [0.2, 0.25) is 0 Å². The maximum atomic E-state index is 13.6. The maximum absolute atomic E-state index is 13.6. The fourth-order valence-corrected chi connectivity index (χ4v) is 7.47. The van der Waals surface area contributed by atoms with Crippen LogP contribution in [0.5, 0.6) is 0 Å². The topological polar surface area (TPSA) is 78.3 Å². The highest BCUT2D eigenvalue weighted by atomic mass is 32.2. The van der Waals surface area contributed by atoms with Gasteiger partial charge in [-0.2, -0.15) is 0 Å². The van der Waals surface area contributed by atoms with E-state index in [-0.39, 0.29) is 12.6 Å². The maximum Gasteiger partial charge on any atom is 0.356 e. The number of carbonyl (C=O) groups is 1. The monoisotopic (exact) mass is 420 g/mol. The number of nitrogens with zero attached hydrogens (tertiary/aromatic N) is 2. The highest BCUT2D eigenvalue weighted by molar-refractivity contribution is 7.93. The second-order valence-corrected chi connectivity index (χ2v) is 10.3. The van der Waals surface area contributed by atoms with E-state index in [9.17, 15) is 13.2 Å². The minimum absolute atomic E-state index is 0.255. The average Bonchev–Trinajstić information content (AvgIpc) is 3.08. The van der Waals surface area contributed by atoms with Crippen molar-refractivity contribution < 1.29 is 17.9 Å². The van der Waals surface area contributed by atoms with E-state index in [0.717, 1.165) is 19.3 Å². The van der Waals surface area contributed by atoms with Gasteiger partial charge in [0.1, 0.15) is 5.69 Å². The van der Waals surface area contributed by atoms with Gasteiger partial charge >= 0.3 is 5.97 Å². The molecule has 0 saturated heterocycles. The summed E-state index contributed by atoms with van der Waals surface area (Å²) in [5, 5.41) is 0.383. The lowest BCUT2D eigenvalue weighted by molar-refractivity contribution is 0.0510. The molecule has 1 atom stereocenters. The minimum atomic E-state index is -3.46. The molecule has 1 aliphatic heterocycles. The summed E-state index contributed by atoms with van der Waals surface area (Å²) in [5.41, 5.74) is 0.995. The third-order valence-electron chi connectivity index (χ3n) is 6.04. The quantitative estimate of drug-likeness (QED) is 0.603. The molecule has 1 aromatic carbocycles. The van der Waals surface area contributed by atoms with Crippen molar-refractivity contribution in [1.82, 2.24) is 9.55 Å². The lowest BCUT2D eigenvalue weighted by Crippen LogP contribution is -2.46. The molecule has 2 aliphatic rings. The minimum Gasteiger partial charge on any atom is -0.461 e. The van der Waals surface area contributed by atoms with Gasteiger partial charge in [-0.25, -0.2) is 18.2 Å². The Kier molecular flexibility index (Phi) is 5.03. The number of fused-ring (bicyclic) bond motifs is 1. The third kappa shape index (κ3) is 2.88. The summed E-state index contributed by atoms with van der Waals surface area (Å²) in [6, 6.07) is 6.78. The van der Waals surface area contributed by atoms with Crippen LogP contribution in [0, 0.1) is 0 Å². The van der Waals surface area contributed by atoms with Crippen LogP contribution in [-0.2, 0) is 14.6 Å². The first-order valence-electron chi connectivity index (χ1n) is 9.68. The van der Waals surface area contributed by atoms with Gasteiger partial charge in [0, 0.05) is 0 Å². The van der Waals surface area contributed by atoms with E-state index in [1.165, 1.54) is 6.20 Å². The fraction of sp³-hybridized carbons (Fsp3) is 0.500. The third-order valence-corrected chi connectivity index (χ3v) is 9.04. The van der Waals surface area contributed by atoms with E-state index in [4.69, 9.17) is 4.74 Å². The molecule has 1 saturated carbocycles. The van der Waals surface area contributed by atoms with Crippen LogP contribution >= 0.6 is 12.6 Å². The zero-order valence-electron chi connectivity index (χ0n) is 15.8. The van der Waals surface area contributed by atoms with Crippen molar-refractivity contribution >= 4 is 28.4 Å². The first kappa shape index (κ1) is 19.5. The fourth-order valence-electron chi connectivity index (χ4n) is 4.72. The number of esters is 1. The number of thiol groups is 1. The molecule has 2 heterocycles. The van der Waals surface area contributed by atoms with Crippen LogP contribution in [0.25, 0.3) is 0 Å². The van der Waals surface area contributed by atoms with Crippen molar-refractivity contribution in [2.24, 2.45) is 0 Å². The van der Waals surface area contributed by atoms with Crippen LogP contribution in [0.1, 0.15) is 67.5 Å². The predicted octanol–water partition coefficient (Wildman–Crippen LogP) is 3.82. The van der Waals surface area contributed by atoms with Crippen LogP contribution in [0.2, 0.25) is 0 Å². The number of hydrogen-bond donors (Lipinski definition) is 1. The molecule has 0 amide bonds. The summed E-state index contributed by atoms with van der Waals surface area (Å²) in [6.45, 7) is 2.01. The SMILES string of the molecule is CCOC(=O)c1cnc(S)n1C1CC2(CCCCC2)S(=O)(=O)c2ccccc21. The van der Waals surface area contributed by atoms with Gasteiger partial charge in [0.15, 0.2) is 15.0 Å². The van der Waals surface area contributed by atoms with E-state index in [1.807, 2.05) is 12.1 Å². The molecule has 8 heteroatoms. The second kappa shape index (κ2) is 7.22. The van der Waals surface area contributed by atoms with Crippen LogP contribution in [0.15, 0.2) is 40.5 Å². The molecule has 0 bridgehead atoms. The van der Waals surface area contributed by atoms with E-state index in [0.29, 0.717) is 40.6 Å². The molecule has 4 rings (SSSR count). The first-order chi connectivity index (χ1) is 13.4. The molecule has 150 valence electrons. The molecule has 1 aromatic heterocycles. The molecule has 1 spiro atoms. The number of sulfone groups is 1. The van der Waals surface area contributed by atoms with Gasteiger partial charge in [-0.15, -0.1) is 12.6 Å². The largest absolute Gasteiger partial charge is 0.461 e. The number of aromatic nitrogens is 2. The summed E-state index contributed by atoms with van der Waals surface area (Å²) >= 11 is 4.47. The van der Waals surface area contributed by atoms with Gasteiger partial charge in [-0.05, 0) is 37.8 Å². The van der Waals surface area contributed by atoms with Crippen LogP contribution in [0.3, 0.4) is 0 Å². The molecule has 1 unspecified atom stereocenters. The van der Waals surface area contributed by atoms with Gasteiger partial charge in [-0.1, -0.05) is 37.5 Å². The Hall–Kier alpha value is -1.80. The van der Waals surface area contributed by atoms with Crippen LogP contribution in [0.4, 0.5) is 0 Å². The number of hydrogen-bond acceptors (Lipinski definition) is 6. The zero-order valence-corrected chi connectivity index (χ0v) is 17.5. The number of carbonyl (C=O) groups excluding carboxylic acids is 1. The normalized spacial score (nSPS) is 22.6. The number of ether oxygens (including phenoxy) is 1. The second-order valence-electron chi connectivity index (χ2n) is 7.54. The number of rotatable bonds is 3. The Labute approximate surface area is 170 Å². The van der Waals surface area contributed by atoms with Crippen molar-refractivity contribution in [1.29, 1.82) is 0 Å². The molecule has 1 aliphatic carbocycles. The Morgan fingerprint density at radius 3 is 2.71 bits per heavy atom. The zero-order chi connectivity index (χ0) is 19.9. The van der Waals surface area contributed by atoms with E-state index < -0.39 is 20.6 Å². The number of benzene rings is 1. The van der Waals surface area contributed by atoms with Crippen molar-refractivity contribution in [2.75, 3.05) is 6.61 Å². The van der Waals surface area contributed by atoms with Crippen molar-refractivity contribution in [3.63, 3.8) is 0 Å². The molecule has 2 aromatic rings. The van der Waals surface area contributed by atoms with Gasteiger partial charge in [0.25, 0.3) is 0 Å². The lowest BCUT2D eigenvalue weighted by atomic mass is 9.81. The molecule has 6 nitrogen and oxygen atoms in total. The highest BCUT2D eigenvalue weighted by Crippen LogP contribution is 2.51. The lowest BCUT2D eigenvalue weighted by Gasteiger charge is -2.44.